The fourth-order valence-electron chi connectivity index (χ4n) is 6.10. The number of fused-ring (bicyclic) bond motifs is 7. The molecule has 4 heterocycles. The molecule has 5 nitrogen and oxygen atoms in total. The maximum atomic E-state index is 5.05. The minimum Gasteiger partial charge on any atom is -0.307 e. The predicted molar refractivity (Wildman–Crippen MR) is 181 cm³/mol. The number of benzene rings is 5. The first-order chi connectivity index (χ1) is 21.8. The molecule has 0 spiro atoms. The van der Waals surface area contributed by atoms with Crippen LogP contribution in [0, 0.1) is 0 Å². The summed E-state index contributed by atoms with van der Waals surface area (Å²) in [6.07, 6.45) is 2.03. The molecule has 0 aliphatic rings. The Kier molecular flexibility index (Phi) is 5.61. The third-order valence-electron chi connectivity index (χ3n) is 8.08. The summed E-state index contributed by atoms with van der Waals surface area (Å²) in [5.74, 6) is 1.97. The molecule has 4 aromatic heterocycles. The zero-order valence-electron chi connectivity index (χ0n) is 23.4. The van der Waals surface area contributed by atoms with E-state index in [9.17, 15) is 0 Å². The van der Waals surface area contributed by atoms with Crippen LogP contribution in [-0.2, 0) is 0 Å². The van der Waals surface area contributed by atoms with E-state index in [4.69, 9.17) is 19.9 Å². The molecule has 0 atom stereocenters. The fourth-order valence-corrected chi connectivity index (χ4v) is 7.40. The molecule has 5 aromatic carbocycles. The van der Waals surface area contributed by atoms with E-state index in [2.05, 4.69) is 71.3 Å². The number of hydrogen-bond acceptors (Lipinski definition) is 5. The zero-order valence-corrected chi connectivity index (χ0v) is 24.2. The topological polar surface area (TPSA) is 56.5 Å². The fraction of sp³-hybridized carbons (Fsp3) is 0. The number of rotatable bonds is 4. The normalized spacial score (nSPS) is 11.6. The first-order valence-corrected chi connectivity index (χ1v) is 15.3. The second kappa shape index (κ2) is 9.93. The maximum absolute atomic E-state index is 5.05. The van der Waals surface area contributed by atoms with Crippen LogP contribution in [-0.4, -0.2) is 24.5 Å². The summed E-state index contributed by atoms with van der Waals surface area (Å²) in [5.41, 5.74) is 7.35. The van der Waals surface area contributed by atoms with Crippen molar-refractivity contribution < 1.29 is 0 Å². The highest BCUT2D eigenvalue weighted by atomic mass is 32.1. The van der Waals surface area contributed by atoms with Crippen LogP contribution < -0.4 is 0 Å². The minimum absolute atomic E-state index is 0.655. The summed E-state index contributed by atoms with van der Waals surface area (Å²) in [6.45, 7) is 0. The molecule has 6 heteroatoms. The van der Waals surface area contributed by atoms with Gasteiger partial charge in [-0.1, -0.05) is 109 Å². The van der Waals surface area contributed by atoms with E-state index in [1.165, 1.54) is 15.7 Å². The Balaban J connectivity index is 1.37. The highest BCUT2D eigenvalue weighted by Crippen LogP contribution is 2.46. The van der Waals surface area contributed by atoms with Gasteiger partial charge in [0.15, 0.2) is 17.5 Å². The van der Waals surface area contributed by atoms with E-state index in [0.29, 0.717) is 17.5 Å². The lowest BCUT2D eigenvalue weighted by atomic mass is 10.1. The largest absolute Gasteiger partial charge is 0.307 e. The van der Waals surface area contributed by atoms with Gasteiger partial charge < -0.3 is 4.57 Å². The Bertz CT molecular complexity index is 2430. The molecule has 44 heavy (non-hydrogen) atoms. The average molecular weight is 582 g/mol. The van der Waals surface area contributed by atoms with E-state index in [1.54, 1.807) is 11.3 Å². The molecular formula is C38H23N5S. The van der Waals surface area contributed by atoms with Crippen LogP contribution >= 0.6 is 11.3 Å². The SMILES string of the molecule is c1ccc(-c2nc(-c3ccccc3)nc(-c3cccc4c3sc3c5cnc6ccccc6c5n(-c5ccccc5)c43)n2)cc1. The van der Waals surface area contributed by atoms with Crippen LogP contribution in [0.3, 0.4) is 0 Å². The smallest absolute Gasteiger partial charge is 0.165 e. The number of para-hydroxylation sites is 2. The van der Waals surface area contributed by atoms with Crippen molar-refractivity contribution in [1.29, 1.82) is 0 Å². The second-order valence-corrected chi connectivity index (χ2v) is 11.7. The van der Waals surface area contributed by atoms with E-state index in [0.717, 1.165) is 48.8 Å². The summed E-state index contributed by atoms with van der Waals surface area (Å²) < 4.78 is 4.74. The van der Waals surface area contributed by atoms with Crippen molar-refractivity contribution in [2.75, 3.05) is 0 Å². The van der Waals surface area contributed by atoms with Crippen LogP contribution in [0.2, 0.25) is 0 Å². The van der Waals surface area contributed by atoms with Gasteiger partial charge in [-0.2, -0.15) is 0 Å². The molecule has 0 saturated heterocycles. The van der Waals surface area contributed by atoms with Gasteiger partial charge in [0.2, 0.25) is 0 Å². The number of hydrogen-bond donors (Lipinski definition) is 0. The molecular weight excluding hydrogens is 559 g/mol. The van der Waals surface area contributed by atoms with Gasteiger partial charge >= 0.3 is 0 Å². The number of aromatic nitrogens is 5. The molecule has 0 radical (unpaired) electrons. The average Bonchev–Trinajstić information content (AvgIpc) is 3.64. The van der Waals surface area contributed by atoms with Crippen molar-refractivity contribution in [3.05, 3.63) is 140 Å². The lowest BCUT2D eigenvalue weighted by Crippen LogP contribution is -2.00. The van der Waals surface area contributed by atoms with Crippen LogP contribution in [0.15, 0.2) is 140 Å². The van der Waals surface area contributed by atoms with E-state index in [1.807, 2.05) is 72.9 Å². The second-order valence-electron chi connectivity index (χ2n) is 10.7. The Morgan fingerprint density at radius 3 is 1.75 bits per heavy atom. The molecule has 0 unspecified atom stereocenters. The summed E-state index contributed by atoms with van der Waals surface area (Å²) in [6, 6.07) is 45.7. The number of pyridine rings is 1. The highest BCUT2D eigenvalue weighted by Gasteiger charge is 2.23. The third-order valence-corrected chi connectivity index (χ3v) is 9.34. The Morgan fingerprint density at radius 1 is 0.455 bits per heavy atom. The quantitative estimate of drug-likeness (QED) is 0.208. The Labute approximate surface area is 256 Å². The highest BCUT2D eigenvalue weighted by molar-refractivity contribution is 7.27. The van der Waals surface area contributed by atoms with Crippen molar-refractivity contribution in [3.8, 4) is 39.9 Å². The van der Waals surface area contributed by atoms with Crippen LogP contribution in [0.4, 0.5) is 0 Å². The van der Waals surface area contributed by atoms with Gasteiger partial charge in [-0.25, -0.2) is 15.0 Å². The minimum atomic E-state index is 0.655. The Morgan fingerprint density at radius 2 is 1.05 bits per heavy atom. The van der Waals surface area contributed by atoms with Gasteiger partial charge in [-0.3, -0.25) is 4.98 Å². The van der Waals surface area contributed by atoms with Crippen molar-refractivity contribution >= 4 is 53.4 Å². The predicted octanol–water partition coefficient (Wildman–Crippen LogP) is 9.73. The Hall–Kier alpha value is -5.72. The molecule has 0 saturated carbocycles. The van der Waals surface area contributed by atoms with E-state index >= 15 is 0 Å². The first-order valence-electron chi connectivity index (χ1n) is 14.5. The van der Waals surface area contributed by atoms with Crippen molar-refractivity contribution in [2.24, 2.45) is 0 Å². The molecule has 0 aliphatic heterocycles. The van der Waals surface area contributed by atoms with Crippen LogP contribution in [0.5, 0.6) is 0 Å². The molecule has 0 fully saturated rings. The van der Waals surface area contributed by atoms with Gasteiger partial charge in [-0.05, 0) is 24.3 Å². The zero-order chi connectivity index (χ0) is 29.0. The molecule has 0 bridgehead atoms. The van der Waals surface area contributed by atoms with Crippen LogP contribution in [0.25, 0.3) is 82.0 Å². The molecule has 206 valence electrons. The molecule has 9 aromatic rings. The molecule has 0 amide bonds. The molecule has 0 aliphatic carbocycles. The van der Waals surface area contributed by atoms with Gasteiger partial charge in [0.05, 0.1) is 21.3 Å². The van der Waals surface area contributed by atoms with Crippen molar-refractivity contribution in [1.82, 2.24) is 24.5 Å². The van der Waals surface area contributed by atoms with E-state index in [-0.39, 0.29) is 0 Å². The lowest BCUT2D eigenvalue weighted by molar-refractivity contribution is 1.08. The third kappa shape index (κ3) is 3.85. The maximum Gasteiger partial charge on any atom is 0.165 e. The van der Waals surface area contributed by atoms with Gasteiger partial charge in [-0.15, -0.1) is 11.3 Å². The number of nitrogens with zero attached hydrogens (tertiary/aromatic N) is 5. The van der Waals surface area contributed by atoms with Crippen molar-refractivity contribution in [2.45, 2.75) is 0 Å². The monoisotopic (exact) mass is 581 g/mol. The summed E-state index contributed by atoms with van der Waals surface area (Å²) >= 11 is 1.78. The summed E-state index contributed by atoms with van der Waals surface area (Å²) in [5, 5.41) is 3.44. The van der Waals surface area contributed by atoms with Crippen molar-refractivity contribution in [3.63, 3.8) is 0 Å². The van der Waals surface area contributed by atoms with E-state index < -0.39 is 0 Å². The first kappa shape index (κ1) is 24.8. The molecule has 9 rings (SSSR count). The van der Waals surface area contributed by atoms with Gasteiger partial charge in [0.25, 0.3) is 0 Å². The van der Waals surface area contributed by atoms with Crippen LogP contribution in [0.1, 0.15) is 0 Å². The summed E-state index contributed by atoms with van der Waals surface area (Å²) in [4.78, 5) is 19.9. The van der Waals surface area contributed by atoms with Gasteiger partial charge in [0.1, 0.15) is 0 Å². The van der Waals surface area contributed by atoms with Gasteiger partial charge in [0, 0.05) is 49.4 Å². The lowest BCUT2D eigenvalue weighted by Gasteiger charge is -2.11. The number of thiophene rings is 1. The standard InChI is InChI=1S/C38H23N5S/c1-4-13-24(14-5-1)36-40-37(25-15-6-2-7-16-25)42-38(41-36)29-21-12-20-28-33-35(44-34(28)29)30-23-39-31-22-11-10-19-27(31)32(30)43(33)26-17-8-3-9-18-26/h1-23H. The summed E-state index contributed by atoms with van der Waals surface area (Å²) in [7, 11) is 0. The molecule has 0 N–H and O–H groups in total.